The summed E-state index contributed by atoms with van der Waals surface area (Å²) in [5, 5.41) is 9.13. The van der Waals surface area contributed by atoms with Crippen LogP contribution < -0.4 is 0 Å². The van der Waals surface area contributed by atoms with Crippen LogP contribution in [0.5, 0.6) is 5.88 Å². The monoisotopic (exact) mass is 182 g/mol. The Hall–Kier alpha value is -0.990. The van der Waals surface area contributed by atoms with Gasteiger partial charge in [-0.05, 0) is 11.8 Å². The van der Waals surface area contributed by atoms with Crippen molar-refractivity contribution in [3.63, 3.8) is 0 Å². The highest BCUT2D eigenvalue weighted by atomic mass is 16.3. The molecule has 0 aliphatic heterocycles. The topological polar surface area (TPSA) is 38.0 Å². The Morgan fingerprint density at radius 2 is 2.08 bits per heavy atom. The lowest BCUT2D eigenvalue weighted by atomic mass is 9.90. The molecule has 0 unspecified atom stereocenters. The van der Waals surface area contributed by atoms with E-state index in [-0.39, 0.29) is 5.88 Å². The maximum absolute atomic E-state index is 9.13. The molecule has 1 heterocycles. The van der Waals surface area contributed by atoms with Crippen molar-refractivity contribution in [1.29, 1.82) is 0 Å². The number of imidazole rings is 1. The van der Waals surface area contributed by atoms with Crippen LogP contribution in [0.15, 0.2) is 6.20 Å². The summed E-state index contributed by atoms with van der Waals surface area (Å²) >= 11 is 0. The SMILES string of the molecule is Cn1cc(O)nc1CCC(C)(C)C. The third-order valence-corrected chi connectivity index (χ3v) is 2.06. The lowest BCUT2D eigenvalue weighted by Crippen LogP contribution is -2.08. The van der Waals surface area contributed by atoms with Crippen molar-refractivity contribution in [1.82, 2.24) is 9.55 Å². The fraction of sp³-hybridized carbons (Fsp3) is 0.700. The van der Waals surface area contributed by atoms with Crippen molar-refractivity contribution < 1.29 is 5.11 Å². The van der Waals surface area contributed by atoms with Gasteiger partial charge in [-0.1, -0.05) is 20.8 Å². The second kappa shape index (κ2) is 3.40. The average molecular weight is 182 g/mol. The molecule has 74 valence electrons. The first-order valence-corrected chi connectivity index (χ1v) is 4.60. The maximum Gasteiger partial charge on any atom is 0.229 e. The molecule has 0 aromatic carbocycles. The van der Waals surface area contributed by atoms with E-state index in [1.165, 1.54) is 0 Å². The zero-order valence-corrected chi connectivity index (χ0v) is 8.83. The van der Waals surface area contributed by atoms with Gasteiger partial charge < -0.3 is 9.67 Å². The maximum atomic E-state index is 9.13. The smallest absolute Gasteiger partial charge is 0.229 e. The predicted molar refractivity (Wildman–Crippen MR) is 52.6 cm³/mol. The molecule has 1 aromatic rings. The van der Waals surface area contributed by atoms with Crippen molar-refractivity contribution in [3.05, 3.63) is 12.0 Å². The van der Waals surface area contributed by atoms with Gasteiger partial charge in [-0.2, -0.15) is 4.98 Å². The van der Waals surface area contributed by atoms with E-state index in [1.807, 2.05) is 11.6 Å². The molecule has 0 saturated heterocycles. The van der Waals surface area contributed by atoms with Gasteiger partial charge in [0.1, 0.15) is 5.82 Å². The summed E-state index contributed by atoms with van der Waals surface area (Å²) in [5.41, 5.74) is 0.321. The molecule has 0 amide bonds. The zero-order valence-electron chi connectivity index (χ0n) is 8.83. The van der Waals surface area contributed by atoms with Crippen LogP contribution >= 0.6 is 0 Å². The molecule has 0 spiro atoms. The first-order chi connectivity index (χ1) is 5.88. The van der Waals surface area contributed by atoms with E-state index in [0.29, 0.717) is 5.41 Å². The van der Waals surface area contributed by atoms with E-state index in [2.05, 4.69) is 25.8 Å². The van der Waals surface area contributed by atoms with Crippen molar-refractivity contribution in [2.24, 2.45) is 12.5 Å². The minimum absolute atomic E-state index is 0.117. The van der Waals surface area contributed by atoms with Gasteiger partial charge in [-0.3, -0.25) is 0 Å². The molecule has 0 aliphatic rings. The normalized spacial score (nSPS) is 12.0. The van der Waals surface area contributed by atoms with Crippen molar-refractivity contribution in [2.45, 2.75) is 33.6 Å². The molecule has 0 fully saturated rings. The third kappa shape index (κ3) is 3.09. The van der Waals surface area contributed by atoms with Gasteiger partial charge in [0.2, 0.25) is 5.88 Å². The summed E-state index contributed by atoms with van der Waals surface area (Å²) in [6, 6.07) is 0. The van der Waals surface area contributed by atoms with Crippen LogP contribution in [-0.4, -0.2) is 14.7 Å². The molecule has 0 bridgehead atoms. The van der Waals surface area contributed by atoms with Crippen LogP contribution in [0.1, 0.15) is 33.0 Å². The lowest BCUT2D eigenvalue weighted by Gasteiger charge is -2.17. The number of aromatic nitrogens is 2. The van der Waals surface area contributed by atoms with Gasteiger partial charge >= 0.3 is 0 Å². The number of hydrogen-bond donors (Lipinski definition) is 1. The van der Waals surface area contributed by atoms with Gasteiger partial charge in [0, 0.05) is 13.5 Å². The Morgan fingerprint density at radius 1 is 1.46 bits per heavy atom. The van der Waals surface area contributed by atoms with Gasteiger partial charge in [-0.25, -0.2) is 0 Å². The van der Waals surface area contributed by atoms with E-state index < -0.39 is 0 Å². The Kier molecular flexibility index (Phi) is 2.64. The summed E-state index contributed by atoms with van der Waals surface area (Å²) < 4.78 is 1.88. The first kappa shape index (κ1) is 10.1. The number of aryl methyl sites for hydroxylation is 2. The molecule has 3 heteroatoms. The fourth-order valence-electron chi connectivity index (χ4n) is 1.21. The molecule has 0 saturated carbocycles. The number of hydrogen-bond acceptors (Lipinski definition) is 2. The van der Waals surface area contributed by atoms with Crippen LogP contribution in [0.4, 0.5) is 0 Å². The third-order valence-electron chi connectivity index (χ3n) is 2.06. The molecule has 0 radical (unpaired) electrons. The highest BCUT2D eigenvalue weighted by Gasteiger charge is 2.12. The van der Waals surface area contributed by atoms with E-state index in [1.54, 1.807) is 6.20 Å². The Bertz CT molecular complexity index is 284. The number of rotatable bonds is 2. The highest BCUT2D eigenvalue weighted by Crippen LogP contribution is 2.21. The van der Waals surface area contributed by atoms with Crippen LogP contribution in [0, 0.1) is 5.41 Å². The first-order valence-electron chi connectivity index (χ1n) is 4.60. The number of nitrogens with zero attached hydrogens (tertiary/aromatic N) is 2. The van der Waals surface area contributed by atoms with Crippen LogP contribution in [0.2, 0.25) is 0 Å². The second-order valence-electron chi connectivity index (χ2n) is 4.69. The molecule has 13 heavy (non-hydrogen) atoms. The predicted octanol–water partition coefficient (Wildman–Crippen LogP) is 2.10. The quantitative estimate of drug-likeness (QED) is 0.760. The fourth-order valence-corrected chi connectivity index (χ4v) is 1.21. The van der Waals surface area contributed by atoms with Gasteiger partial charge in [0.05, 0.1) is 6.20 Å². The van der Waals surface area contributed by atoms with Crippen LogP contribution in [0.25, 0.3) is 0 Å². The number of aromatic hydroxyl groups is 1. The Balaban J connectivity index is 2.59. The molecule has 0 aliphatic carbocycles. The van der Waals surface area contributed by atoms with E-state index in [4.69, 9.17) is 5.11 Å². The summed E-state index contributed by atoms with van der Waals surface area (Å²) in [4.78, 5) is 4.03. The Labute approximate surface area is 79.4 Å². The molecular formula is C10H18N2O. The van der Waals surface area contributed by atoms with Crippen LogP contribution in [0.3, 0.4) is 0 Å². The van der Waals surface area contributed by atoms with Crippen molar-refractivity contribution in [3.8, 4) is 5.88 Å². The largest absolute Gasteiger partial charge is 0.492 e. The molecule has 1 aromatic heterocycles. The standard InChI is InChI=1S/C10H18N2O/c1-10(2,3)6-5-8-11-9(13)7-12(8)4/h7,13H,5-6H2,1-4H3. The minimum atomic E-state index is 0.117. The highest BCUT2D eigenvalue weighted by molar-refractivity contribution is 5.07. The van der Waals surface area contributed by atoms with Gasteiger partial charge in [0.25, 0.3) is 0 Å². The summed E-state index contributed by atoms with van der Waals surface area (Å²) in [6.45, 7) is 6.61. The van der Waals surface area contributed by atoms with Gasteiger partial charge in [-0.15, -0.1) is 0 Å². The van der Waals surface area contributed by atoms with E-state index in [0.717, 1.165) is 18.7 Å². The second-order valence-corrected chi connectivity index (χ2v) is 4.69. The summed E-state index contributed by atoms with van der Waals surface area (Å²) in [6.07, 6.45) is 3.63. The summed E-state index contributed by atoms with van der Waals surface area (Å²) in [7, 11) is 1.91. The average Bonchev–Trinajstić information content (AvgIpc) is 2.24. The van der Waals surface area contributed by atoms with Crippen molar-refractivity contribution >= 4 is 0 Å². The molecular weight excluding hydrogens is 164 g/mol. The molecule has 0 atom stereocenters. The van der Waals surface area contributed by atoms with E-state index in [9.17, 15) is 0 Å². The lowest BCUT2D eigenvalue weighted by molar-refractivity contribution is 0.372. The zero-order chi connectivity index (χ0) is 10.1. The van der Waals surface area contributed by atoms with E-state index >= 15 is 0 Å². The molecule has 1 rings (SSSR count). The van der Waals surface area contributed by atoms with Gasteiger partial charge in [0.15, 0.2) is 0 Å². The summed E-state index contributed by atoms with van der Waals surface area (Å²) in [5.74, 6) is 1.07. The van der Waals surface area contributed by atoms with Crippen molar-refractivity contribution in [2.75, 3.05) is 0 Å². The molecule has 1 N–H and O–H groups in total. The Morgan fingerprint density at radius 3 is 2.46 bits per heavy atom. The molecule has 3 nitrogen and oxygen atoms in total. The van der Waals surface area contributed by atoms with Crippen LogP contribution in [-0.2, 0) is 13.5 Å². The minimum Gasteiger partial charge on any atom is -0.492 e.